The predicted molar refractivity (Wildman–Crippen MR) is 100 cm³/mol. The molecular formula is C19H23N3O4S. The first-order valence-electron chi connectivity index (χ1n) is 9.17. The van der Waals surface area contributed by atoms with Crippen LogP contribution in [0.4, 0.5) is 0 Å². The maximum Gasteiger partial charge on any atom is 0.274 e. The van der Waals surface area contributed by atoms with Gasteiger partial charge in [-0.1, -0.05) is 32.0 Å². The second kappa shape index (κ2) is 6.76. The monoisotopic (exact) mass is 389 g/mol. The Morgan fingerprint density at radius 2 is 1.93 bits per heavy atom. The summed E-state index contributed by atoms with van der Waals surface area (Å²) in [6, 6.07) is 6.97. The van der Waals surface area contributed by atoms with Gasteiger partial charge in [0.05, 0.1) is 29.6 Å². The van der Waals surface area contributed by atoms with Crippen molar-refractivity contribution in [3.05, 3.63) is 35.5 Å². The number of nitrogens with zero attached hydrogens (tertiary/aromatic N) is 3. The van der Waals surface area contributed by atoms with E-state index in [1.807, 2.05) is 6.07 Å². The molecule has 0 radical (unpaired) electrons. The molecule has 2 aliphatic rings. The van der Waals surface area contributed by atoms with Crippen LogP contribution < -0.4 is 0 Å². The molecule has 27 heavy (non-hydrogen) atoms. The van der Waals surface area contributed by atoms with Crippen LogP contribution in [-0.4, -0.2) is 55.3 Å². The molecule has 1 amide bonds. The lowest BCUT2D eigenvalue weighted by Crippen LogP contribution is -2.41. The van der Waals surface area contributed by atoms with E-state index in [0.717, 1.165) is 5.69 Å². The average molecular weight is 389 g/mol. The molecule has 0 saturated carbocycles. The fourth-order valence-corrected chi connectivity index (χ4v) is 5.30. The molecule has 2 aromatic rings. The Balaban J connectivity index is 1.89. The molecule has 1 aromatic heterocycles. The minimum Gasteiger partial charge on any atom is -0.378 e. The normalized spacial score (nSPS) is 18.3. The standard InChI is InChI=1S/C19H23N3O4S/c1-13(2)11-22-18-14-5-3-4-6-16(14)27(24,25)12-15(18)17(20-22)19(23)21-7-9-26-10-8-21/h3-6,13H,7-12H2,1-2H3. The third kappa shape index (κ3) is 3.17. The summed E-state index contributed by atoms with van der Waals surface area (Å²) in [4.78, 5) is 15.1. The van der Waals surface area contributed by atoms with Crippen LogP contribution in [0.15, 0.2) is 29.2 Å². The quantitative estimate of drug-likeness (QED) is 0.802. The second-order valence-corrected chi connectivity index (χ2v) is 9.37. The molecule has 0 bridgehead atoms. The number of carbonyl (C=O) groups is 1. The molecule has 0 atom stereocenters. The second-order valence-electron chi connectivity index (χ2n) is 7.41. The number of carbonyl (C=O) groups excluding carboxylic acids is 1. The van der Waals surface area contributed by atoms with Gasteiger partial charge in [-0.05, 0) is 12.0 Å². The maximum atomic E-state index is 13.1. The summed E-state index contributed by atoms with van der Waals surface area (Å²) in [6.45, 7) is 6.73. The van der Waals surface area contributed by atoms with E-state index in [1.165, 1.54) is 0 Å². The third-order valence-electron chi connectivity index (χ3n) is 4.90. The first-order valence-corrected chi connectivity index (χ1v) is 10.8. The molecule has 4 rings (SSSR count). The first-order chi connectivity index (χ1) is 12.9. The van der Waals surface area contributed by atoms with Gasteiger partial charge in [-0.2, -0.15) is 5.10 Å². The number of sulfone groups is 1. The Morgan fingerprint density at radius 3 is 2.63 bits per heavy atom. The van der Waals surface area contributed by atoms with Gasteiger partial charge in [0.25, 0.3) is 5.91 Å². The van der Waals surface area contributed by atoms with Crippen molar-refractivity contribution in [1.29, 1.82) is 0 Å². The van der Waals surface area contributed by atoms with Crippen molar-refractivity contribution in [1.82, 2.24) is 14.7 Å². The van der Waals surface area contributed by atoms with E-state index in [1.54, 1.807) is 27.8 Å². The highest BCUT2D eigenvalue weighted by molar-refractivity contribution is 7.90. The van der Waals surface area contributed by atoms with E-state index < -0.39 is 9.84 Å². The van der Waals surface area contributed by atoms with E-state index in [4.69, 9.17) is 4.74 Å². The molecule has 1 aromatic carbocycles. The summed E-state index contributed by atoms with van der Waals surface area (Å²) in [5.41, 5.74) is 2.16. The highest BCUT2D eigenvalue weighted by Gasteiger charge is 2.36. The minimum absolute atomic E-state index is 0.192. The van der Waals surface area contributed by atoms with Gasteiger partial charge in [-0.25, -0.2) is 8.42 Å². The van der Waals surface area contributed by atoms with Gasteiger partial charge in [0.2, 0.25) is 0 Å². The topological polar surface area (TPSA) is 81.5 Å². The Labute approximate surface area is 158 Å². The van der Waals surface area contributed by atoms with Crippen LogP contribution in [0, 0.1) is 5.92 Å². The number of fused-ring (bicyclic) bond motifs is 3. The van der Waals surface area contributed by atoms with Crippen LogP contribution in [0.25, 0.3) is 11.3 Å². The lowest BCUT2D eigenvalue weighted by Gasteiger charge is -2.26. The van der Waals surface area contributed by atoms with Crippen LogP contribution in [0.3, 0.4) is 0 Å². The first kappa shape index (κ1) is 18.2. The van der Waals surface area contributed by atoms with Crippen LogP contribution >= 0.6 is 0 Å². The Hall–Kier alpha value is -2.19. The maximum absolute atomic E-state index is 13.1. The summed E-state index contributed by atoms with van der Waals surface area (Å²) < 4.78 is 32.8. The molecule has 1 fully saturated rings. The van der Waals surface area contributed by atoms with E-state index >= 15 is 0 Å². The van der Waals surface area contributed by atoms with E-state index in [2.05, 4.69) is 18.9 Å². The van der Waals surface area contributed by atoms with Crippen LogP contribution in [0.2, 0.25) is 0 Å². The van der Waals surface area contributed by atoms with Crippen molar-refractivity contribution in [2.24, 2.45) is 5.92 Å². The molecule has 7 nitrogen and oxygen atoms in total. The fraction of sp³-hybridized carbons (Fsp3) is 0.474. The van der Waals surface area contributed by atoms with Crippen molar-refractivity contribution in [2.45, 2.75) is 31.0 Å². The molecule has 8 heteroatoms. The SMILES string of the molecule is CC(C)Cn1nc(C(=O)N2CCOCC2)c2c1-c1ccccc1S(=O)(=O)C2. The highest BCUT2D eigenvalue weighted by Crippen LogP contribution is 2.39. The number of aromatic nitrogens is 2. The molecule has 0 unspecified atom stereocenters. The van der Waals surface area contributed by atoms with Gasteiger partial charge in [-0.15, -0.1) is 0 Å². The van der Waals surface area contributed by atoms with Gasteiger partial charge < -0.3 is 9.64 Å². The summed E-state index contributed by atoms with van der Waals surface area (Å²) in [6.07, 6.45) is 0. The Bertz CT molecular complexity index is 988. The highest BCUT2D eigenvalue weighted by atomic mass is 32.2. The third-order valence-corrected chi connectivity index (χ3v) is 6.60. The van der Waals surface area contributed by atoms with Crippen molar-refractivity contribution < 1.29 is 17.9 Å². The summed E-state index contributed by atoms with van der Waals surface area (Å²) in [5.74, 6) is -0.0965. The number of rotatable bonds is 3. The van der Waals surface area contributed by atoms with Crippen LogP contribution in [0.1, 0.15) is 29.9 Å². The van der Waals surface area contributed by atoms with E-state index in [9.17, 15) is 13.2 Å². The number of hydrogen-bond donors (Lipinski definition) is 0. The summed E-state index contributed by atoms with van der Waals surface area (Å²) >= 11 is 0. The molecule has 0 spiro atoms. The summed E-state index contributed by atoms with van der Waals surface area (Å²) in [5, 5.41) is 4.59. The van der Waals surface area contributed by atoms with Crippen LogP contribution in [-0.2, 0) is 26.9 Å². The zero-order chi connectivity index (χ0) is 19.2. The number of morpholine rings is 1. The predicted octanol–water partition coefficient (Wildman–Crippen LogP) is 1.97. The van der Waals surface area contributed by atoms with E-state index in [-0.39, 0.29) is 17.4 Å². The van der Waals surface area contributed by atoms with Gasteiger partial charge in [0.1, 0.15) is 0 Å². The fourth-order valence-electron chi connectivity index (χ4n) is 3.70. The zero-order valence-electron chi connectivity index (χ0n) is 15.5. The molecule has 144 valence electrons. The Morgan fingerprint density at radius 1 is 1.22 bits per heavy atom. The minimum atomic E-state index is -3.51. The van der Waals surface area contributed by atoms with Gasteiger partial charge in [0.15, 0.2) is 15.5 Å². The molecule has 0 N–H and O–H groups in total. The molecule has 1 saturated heterocycles. The largest absolute Gasteiger partial charge is 0.378 e. The average Bonchev–Trinajstić information content (AvgIpc) is 2.98. The van der Waals surface area contributed by atoms with Gasteiger partial charge in [0, 0.05) is 30.8 Å². The van der Waals surface area contributed by atoms with Gasteiger partial charge >= 0.3 is 0 Å². The van der Waals surface area contributed by atoms with Crippen molar-refractivity contribution in [3.63, 3.8) is 0 Å². The molecule has 3 heterocycles. The van der Waals surface area contributed by atoms with E-state index in [0.29, 0.717) is 54.8 Å². The number of hydrogen-bond acceptors (Lipinski definition) is 5. The van der Waals surface area contributed by atoms with Gasteiger partial charge in [-0.3, -0.25) is 9.48 Å². The molecular weight excluding hydrogens is 366 g/mol. The smallest absolute Gasteiger partial charge is 0.274 e. The number of ether oxygens (including phenoxy) is 1. The lowest BCUT2D eigenvalue weighted by atomic mass is 10.0. The molecule has 2 aliphatic heterocycles. The number of benzene rings is 1. The van der Waals surface area contributed by atoms with Crippen LogP contribution in [0.5, 0.6) is 0 Å². The zero-order valence-corrected chi connectivity index (χ0v) is 16.3. The number of amides is 1. The summed E-state index contributed by atoms with van der Waals surface area (Å²) in [7, 11) is -3.51. The van der Waals surface area contributed by atoms with Crippen molar-refractivity contribution in [3.8, 4) is 11.3 Å². The van der Waals surface area contributed by atoms with Crippen molar-refractivity contribution in [2.75, 3.05) is 26.3 Å². The lowest BCUT2D eigenvalue weighted by molar-refractivity contribution is 0.0298. The Kier molecular flexibility index (Phi) is 4.55. The van der Waals surface area contributed by atoms with Crippen molar-refractivity contribution >= 4 is 15.7 Å². The molecule has 0 aliphatic carbocycles.